The lowest BCUT2D eigenvalue weighted by molar-refractivity contribution is 0.568. The number of aromatic nitrogens is 3. The second-order valence-corrected chi connectivity index (χ2v) is 3.25. The summed E-state index contributed by atoms with van der Waals surface area (Å²) in [5.74, 6) is 0. The maximum atomic E-state index is 8.88. The summed E-state index contributed by atoms with van der Waals surface area (Å²) in [4.78, 5) is 4.13. The Hall–Kier alpha value is -2.61. The monoisotopic (exact) mass is 210 g/mol. The van der Waals surface area contributed by atoms with E-state index in [1.54, 1.807) is 23.2 Å². The normalized spacial score (nSPS) is 10.4. The molecule has 0 atom stereocenters. The highest BCUT2D eigenvalue weighted by molar-refractivity contribution is 5.64. The summed E-state index contributed by atoms with van der Waals surface area (Å²) in [5.41, 5.74) is 2.77. The molecular weight excluding hydrogens is 204 g/mol. The molecule has 0 radical (unpaired) electrons. The van der Waals surface area contributed by atoms with Crippen molar-refractivity contribution in [3.63, 3.8) is 0 Å². The molecule has 0 N–H and O–H groups in total. The second-order valence-electron chi connectivity index (χ2n) is 3.25. The molecule has 0 saturated carbocycles. The maximum Gasteiger partial charge on any atom is 0.173 e. The third kappa shape index (κ3) is 1.10. The Morgan fingerprint density at radius 3 is 3.06 bits per heavy atom. The fourth-order valence-electron chi connectivity index (χ4n) is 1.60. The van der Waals surface area contributed by atoms with Gasteiger partial charge >= 0.3 is 0 Å². The zero-order valence-corrected chi connectivity index (χ0v) is 8.16. The van der Waals surface area contributed by atoms with Crippen LogP contribution in [0.5, 0.6) is 0 Å². The molecule has 0 fully saturated rings. The summed E-state index contributed by atoms with van der Waals surface area (Å²) >= 11 is 0. The van der Waals surface area contributed by atoms with E-state index in [0.717, 1.165) is 11.3 Å². The van der Waals surface area contributed by atoms with Crippen molar-refractivity contribution in [1.82, 2.24) is 14.6 Å². The molecule has 0 spiro atoms. The molecule has 5 heteroatoms. The number of hydrogen-bond donors (Lipinski definition) is 0. The summed E-state index contributed by atoms with van der Waals surface area (Å²) in [5, 5.41) is 13.0. The first-order valence-corrected chi connectivity index (χ1v) is 4.65. The lowest BCUT2D eigenvalue weighted by atomic mass is 10.2. The van der Waals surface area contributed by atoms with Crippen LogP contribution < -0.4 is 0 Å². The highest BCUT2D eigenvalue weighted by Crippen LogP contribution is 2.20. The van der Waals surface area contributed by atoms with Crippen LogP contribution in [0.2, 0.25) is 0 Å². The highest BCUT2D eigenvalue weighted by atomic mass is 16.3. The Morgan fingerprint density at radius 1 is 1.38 bits per heavy atom. The lowest BCUT2D eigenvalue weighted by Crippen LogP contribution is -1.94. The molecule has 3 rings (SSSR count). The van der Waals surface area contributed by atoms with E-state index in [2.05, 4.69) is 16.2 Å². The van der Waals surface area contributed by atoms with Crippen LogP contribution in [0.25, 0.3) is 16.9 Å². The number of nitrogens with zero attached hydrogens (tertiary/aromatic N) is 4. The van der Waals surface area contributed by atoms with Gasteiger partial charge in [0.15, 0.2) is 5.65 Å². The third-order valence-electron chi connectivity index (χ3n) is 2.34. The summed E-state index contributed by atoms with van der Waals surface area (Å²) in [6.07, 6.45) is 6.38. The Morgan fingerprint density at radius 2 is 2.31 bits per heavy atom. The zero-order valence-electron chi connectivity index (χ0n) is 8.16. The van der Waals surface area contributed by atoms with Crippen molar-refractivity contribution in [2.45, 2.75) is 0 Å². The standard InChI is InChI=1S/C11H6N4O/c12-5-9-6-14-15-10(1-3-13-11(9)15)8-2-4-16-7-8/h1-4,6-7H. The molecule has 0 aliphatic heterocycles. The molecule has 0 unspecified atom stereocenters. The van der Waals surface area contributed by atoms with E-state index in [-0.39, 0.29) is 0 Å². The molecule has 0 amide bonds. The van der Waals surface area contributed by atoms with Gasteiger partial charge in [0.1, 0.15) is 11.6 Å². The molecule has 16 heavy (non-hydrogen) atoms. The van der Waals surface area contributed by atoms with Gasteiger partial charge in [0, 0.05) is 11.8 Å². The maximum absolute atomic E-state index is 8.88. The number of fused-ring (bicyclic) bond motifs is 1. The smallest absolute Gasteiger partial charge is 0.173 e. The summed E-state index contributed by atoms with van der Waals surface area (Å²) in [6.45, 7) is 0. The van der Waals surface area contributed by atoms with Crippen LogP contribution in [0.3, 0.4) is 0 Å². The first kappa shape index (κ1) is 8.68. The van der Waals surface area contributed by atoms with Gasteiger partial charge in [0.2, 0.25) is 0 Å². The minimum absolute atomic E-state index is 0.463. The minimum atomic E-state index is 0.463. The van der Waals surface area contributed by atoms with Gasteiger partial charge in [0.25, 0.3) is 0 Å². The Kier molecular flexibility index (Phi) is 1.74. The predicted octanol–water partition coefficient (Wildman–Crippen LogP) is 1.86. The van der Waals surface area contributed by atoms with Gasteiger partial charge in [-0.3, -0.25) is 0 Å². The van der Waals surface area contributed by atoms with Gasteiger partial charge in [-0.1, -0.05) is 0 Å². The van der Waals surface area contributed by atoms with Crippen LogP contribution in [0, 0.1) is 11.3 Å². The summed E-state index contributed by atoms with van der Waals surface area (Å²) < 4.78 is 6.65. The molecule has 0 aliphatic rings. The third-order valence-corrected chi connectivity index (χ3v) is 2.34. The van der Waals surface area contributed by atoms with Gasteiger partial charge < -0.3 is 4.42 Å². The van der Waals surface area contributed by atoms with E-state index in [1.807, 2.05) is 12.1 Å². The minimum Gasteiger partial charge on any atom is -0.472 e. The first-order chi connectivity index (χ1) is 7.90. The average molecular weight is 210 g/mol. The first-order valence-electron chi connectivity index (χ1n) is 4.65. The molecule has 3 aromatic heterocycles. The van der Waals surface area contributed by atoms with Crippen molar-refractivity contribution in [3.8, 4) is 17.3 Å². The molecule has 0 bridgehead atoms. The van der Waals surface area contributed by atoms with Crippen molar-refractivity contribution >= 4 is 5.65 Å². The Labute approximate surface area is 90.6 Å². The topological polar surface area (TPSA) is 67.1 Å². The van der Waals surface area contributed by atoms with Crippen molar-refractivity contribution in [2.75, 3.05) is 0 Å². The highest BCUT2D eigenvalue weighted by Gasteiger charge is 2.09. The Balaban J connectivity index is 2.36. The number of furan rings is 1. The van der Waals surface area contributed by atoms with Crippen LogP contribution in [0.1, 0.15) is 5.56 Å². The Bertz CT molecular complexity index is 676. The van der Waals surface area contributed by atoms with Crippen molar-refractivity contribution < 1.29 is 4.42 Å². The van der Waals surface area contributed by atoms with Gasteiger partial charge in [0.05, 0.1) is 24.4 Å². The largest absolute Gasteiger partial charge is 0.472 e. The van der Waals surface area contributed by atoms with E-state index in [9.17, 15) is 0 Å². The molecule has 3 aromatic rings. The molecule has 5 nitrogen and oxygen atoms in total. The van der Waals surface area contributed by atoms with E-state index in [1.165, 1.54) is 6.20 Å². The predicted molar refractivity (Wildman–Crippen MR) is 55.4 cm³/mol. The average Bonchev–Trinajstić information content (AvgIpc) is 2.97. The second kappa shape index (κ2) is 3.21. The number of nitriles is 1. The van der Waals surface area contributed by atoms with Gasteiger partial charge in [-0.15, -0.1) is 0 Å². The summed E-state index contributed by atoms with van der Waals surface area (Å²) in [7, 11) is 0. The van der Waals surface area contributed by atoms with Crippen molar-refractivity contribution in [2.24, 2.45) is 0 Å². The fourth-order valence-corrected chi connectivity index (χ4v) is 1.60. The fraction of sp³-hybridized carbons (Fsp3) is 0. The number of hydrogen-bond acceptors (Lipinski definition) is 4. The zero-order chi connectivity index (χ0) is 11.0. The van der Waals surface area contributed by atoms with Gasteiger partial charge in [-0.25, -0.2) is 9.50 Å². The van der Waals surface area contributed by atoms with Crippen molar-refractivity contribution in [1.29, 1.82) is 5.26 Å². The van der Waals surface area contributed by atoms with Gasteiger partial charge in [-0.05, 0) is 12.1 Å². The molecular formula is C11H6N4O. The lowest BCUT2D eigenvalue weighted by Gasteiger charge is -2.00. The van der Waals surface area contributed by atoms with Gasteiger partial charge in [-0.2, -0.15) is 10.4 Å². The van der Waals surface area contributed by atoms with Crippen LogP contribution in [-0.4, -0.2) is 14.6 Å². The van der Waals surface area contributed by atoms with Crippen LogP contribution in [-0.2, 0) is 0 Å². The molecule has 3 heterocycles. The molecule has 76 valence electrons. The van der Waals surface area contributed by atoms with Crippen LogP contribution >= 0.6 is 0 Å². The molecule has 0 aliphatic carbocycles. The molecule has 0 aromatic carbocycles. The van der Waals surface area contributed by atoms with E-state index >= 15 is 0 Å². The van der Waals surface area contributed by atoms with Crippen LogP contribution in [0.4, 0.5) is 0 Å². The van der Waals surface area contributed by atoms with E-state index in [0.29, 0.717) is 11.2 Å². The number of rotatable bonds is 1. The van der Waals surface area contributed by atoms with E-state index < -0.39 is 0 Å². The van der Waals surface area contributed by atoms with Crippen molar-refractivity contribution in [3.05, 3.63) is 42.6 Å². The van der Waals surface area contributed by atoms with E-state index in [4.69, 9.17) is 9.68 Å². The quantitative estimate of drug-likeness (QED) is 0.614. The SMILES string of the molecule is N#Cc1cnn2c(-c3ccoc3)ccnc12. The molecule has 0 saturated heterocycles. The summed E-state index contributed by atoms with van der Waals surface area (Å²) in [6, 6.07) is 5.71. The van der Waals surface area contributed by atoms with Crippen LogP contribution in [0.15, 0.2) is 41.5 Å².